The van der Waals surface area contributed by atoms with Crippen LogP contribution in [0.2, 0.25) is 0 Å². The van der Waals surface area contributed by atoms with E-state index in [1.54, 1.807) is 0 Å². The lowest BCUT2D eigenvalue weighted by molar-refractivity contribution is -0.128. The lowest BCUT2D eigenvalue weighted by Gasteiger charge is -2.31. The van der Waals surface area contributed by atoms with E-state index in [2.05, 4.69) is 5.92 Å². The number of ketones is 1. The standard InChI is InChI=1S/C16H28O3/c1-8-11-18-16(6,7)12-19-15(4,5)10-9-14(17)13(2)3/h1,13H,9-12H2,2-7H3. The van der Waals surface area contributed by atoms with E-state index in [1.165, 1.54) is 0 Å². The minimum Gasteiger partial charge on any atom is -0.373 e. The Morgan fingerprint density at radius 2 is 1.74 bits per heavy atom. The van der Waals surface area contributed by atoms with Crippen LogP contribution in [0.15, 0.2) is 0 Å². The molecule has 0 rings (SSSR count). The van der Waals surface area contributed by atoms with Gasteiger partial charge in [-0.05, 0) is 34.1 Å². The van der Waals surface area contributed by atoms with Gasteiger partial charge >= 0.3 is 0 Å². The fourth-order valence-electron chi connectivity index (χ4n) is 1.43. The van der Waals surface area contributed by atoms with Crippen molar-refractivity contribution in [2.75, 3.05) is 13.2 Å². The lowest BCUT2D eigenvalue weighted by atomic mass is 9.96. The molecule has 3 heteroatoms. The Bertz CT molecular complexity index is 321. The van der Waals surface area contributed by atoms with Crippen molar-refractivity contribution >= 4 is 5.78 Å². The maximum atomic E-state index is 11.6. The van der Waals surface area contributed by atoms with E-state index in [-0.39, 0.29) is 23.9 Å². The van der Waals surface area contributed by atoms with Crippen LogP contribution in [0.3, 0.4) is 0 Å². The minimum atomic E-state index is -0.411. The molecule has 3 nitrogen and oxygen atoms in total. The highest BCUT2D eigenvalue weighted by molar-refractivity contribution is 5.80. The van der Waals surface area contributed by atoms with Gasteiger partial charge in [0.2, 0.25) is 0 Å². The van der Waals surface area contributed by atoms with Gasteiger partial charge in [0, 0.05) is 12.3 Å². The molecule has 0 N–H and O–H groups in total. The Kier molecular flexibility index (Phi) is 7.33. The van der Waals surface area contributed by atoms with Gasteiger partial charge in [0.15, 0.2) is 0 Å². The van der Waals surface area contributed by atoms with Crippen molar-refractivity contribution < 1.29 is 14.3 Å². The molecular weight excluding hydrogens is 240 g/mol. The van der Waals surface area contributed by atoms with E-state index < -0.39 is 5.60 Å². The molecule has 110 valence electrons. The topological polar surface area (TPSA) is 35.5 Å². The van der Waals surface area contributed by atoms with E-state index in [1.807, 2.05) is 41.5 Å². The quantitative estimate of drug-likeness (QED) is 0.602. The molecule has 0 spiro atoms. The molecule has 0 aliphatic rings. The Labute approximate surface area is 118 Å². The van der Waals surface area contributed by atoms with Gasteiger partial charge in [-0.1, -0.05) is 19.8 Å². The summed E-state index contributed by atoms with van der Waals surface area (Å²) in [5.74, 6) is 2.82. The second kappa shape index (κ2) is 7.67. The Hall–Kier alpha value is -0.850. The van der Waals surface area contributed by atoms with Gasteiger partial charge in [-0.15, -0.1) is 6.42 Å². The monoisotopic (exact) mass is 268 g/mol. The lowest BCUT2D eigenvalue weighted by Crippen LogP contribution is -2.37. The summed E-state index contributed by atoms with van der Waals surface area (Å²) >= 11 is 0. The van der Waals surface area contributed by atoms with E-state index in [0.717, 1.165) is 6.42 Å². The smallest absolute Gasteiger partial charge is 0.135 e. The molecule has 0 fully saturated rings. The van der Waals surface area contributed by atoms with Crippen LogP contribution in [0.1, 0.15) is 54.4 Å². The molecule has 19 heavy (non-hydrogen) atoms. The number of hydrogen-bond donors (Lipinski definition) is 0. The molecular formula is C16H28O3. The number of Topliss-reactive ketones (excluding diaryl/α,β-unsaturated/α-hetero) is 1. The fourth-order valence-corrected chi connectivity index (χ4v) is 1.43. The maximum Gasteiger partial charge on any atom is 0.135 e. The van der Waals surface area contributed by atoms with Crippen LogP contribution in [0.5, 0.6) is 0 Å². The number of rotatable bonds is 9. The Morgan fingerprint density at radius 1 is 1.16 bits per heavy atom. The SMILES string of the molecule is C#CCOC(C)(C)COC(C)(C)CCC(=O)C(C)C. The third kappa shape index (κ3) is 8.80. The predicted molar refractivity (Wildman–Crippen MR) is 78.0 cm³/mol. The van der Waals surface area contributed by atoms with Crippen molar-refractivity contribution in [3.05, 3.63) is 0 Å². The van der Waals surface area contributed by atoms with Crippen molar-refractivity contribution in [1.29, 1.82) is 0 Å². The minimum absolute atomic E-state index is 0.0891. The van der Waals surface area contributed by atoms with Gasteiger partial charge in [-0.25, -0.2) is 0 Å². The molecule has 0 aromatic heterocycles. The number of carbonyl (C=O) groups excluding carboxylic acids is 1. The summed E-state index contributed by atoms with van der Waals surface area (Å²) in [6.07, 6.45) is 6.44. The highest BCUT2D eigenvalue weighted by atomic mass is 16.6. The Balaban J connectivity index is 4.16. The molecule has 0 unspecified atom stereocenters. The van der Waals surface area contributed by atoms with Crippen molar-refractivity contribution in [1.82, 2.24) is 0 Å². The van der Waals surface area contributed by atoms with Crippen LogP contribution in [0.25, 0.3) is 0 Å². The normalized spacial score (nSPS) is 12.5. The third-order valence-corrected chi connectivity index (χ3v) is 2.97. The van der Waals surface area contributed by atoms with Crippen LogP contribution in [0, 0.1) is 18.3 Å². The summed E-state index contributed by atoms with van der Waals surface area (Å²) in [6, 6.07) is 0. The van der Waals surface area contributed by atoms with Crippen LogP contribution >= 0.6 is 0 Å². The van der Waals surface area contributed by atoms with Crippen molar-refractivity contribution in [2.24, 2.45) is 5.92 Å². The fraction of sp³-hybridized carbons (Fsp3) is 0.812. The summed E-state index contributed by atoms with van der Waals surface area (Å²) in [4.78, 5) is 11.6. The van der Waals surface area contributed by atoms with E-state index >= 15 is 0 Å². The number of hydrogen-bond acceptors (Lipinski definition) is 3. The summed E-state index contributed by atoms with van der Waals surface area (Å²) in [7, 11) is 0. The Morgan fingerprint density at radius 3 is 2.21 bits per heavy atom. The van der Waals surface area contributed by atoms with Crippen molar-refractivity contribution in [2.45, 2.75) is 65.6 Å². The average Bonchev–Trinajstić information content (AvgIpc) is 2.31. The zero-order valence-corrected chi connectivity index (χ0v) is 13.2. The summed E-state index contributed by atoms with van der Waals surface area (Å²) in [6.45, 7) is 12.5. The van der Waals surface area contributed by atoms with Crippen LogP contribution in [-0.4, -0.2) is 30.2 Å². The van der Waals surface area contributed by atoms with E-state index in [4.69, 9.17) is 15.9 Å². The largest absolute Gasteiger partial charge is 0.373 e. The summed E-state index contributed by atoms with van der Waals surface area (Å²) in [5.41, 5.74) is -0.743. The molecule has 0 aromatic rings. The summed E-state index contributed by atoms with van der Waals surface area (Å²) in [5, 5.41) is 0. The van der Waals surface area contributed by atoms with E-state index in [0.29, 0.717) is 13.0 Å². The van der Waals surface area contributed by atoms with Gasteiger partial charge in [0.05, 0.1) is 17.8 Å². The molecule has 0 aliphatic heterocycles. The zero-order valence-electron chi connectivity index (χ0n) is 13.2. The molecule has 0 aliphatic carbocycles. The first-order valence-electron chi connectivity index (χ1n) is 6.84. The third-order valence-electron chi connectivity index (χ3n) is 2.97. The maximum absolute atomic E-state index is 11.6. The number of carbonyl (C=O) groups is 1. The van der Waals surface area contributed by atoms with Crippen LogP contribution < -0.4 is 0 Å². The van der Waals surface area contributed by atoms with Gasteiger partial charge in [0.25, 0.3) is 0 Å². The first kappa shape index (κ1) is 18.1. The molecule has 0 bridgehead atoms. The second-order valence-corrected chi connectivity index (χ2v) is 6.42. The van der Waals surface area contributed by atoms with Gasteiger partial charge in [-0.2, -0.15) is 0 Å². The molecule has 0 radical (unpaired) electrons. The molecule has 0 atom stereocenters. The molecule has 0 saturated heterocycles. The van der Waals surface area contributed by atoms with Crippen molar-refractivity contribution in [3.8, 4) is 12.3 Å². The van der Waals surface area contributed by atoms with E-state index in [9.17, 15) is 4.79 Å². The van der Waals surface area contributed by atoms with Gasteiger partial charge < -0.3 is 9.47 Å². The summed E-state index contributed by atoms with van der Waals surface area (Å²) < 4.78 is 11.4. The molecule has 0 amide bonds. The predicted octanol–water partition coefficient (Wildman–Crippen LogP) is 3.22. The number of ether oxygens (including phenoxy) is 2. The van der Waals surface area contributed by atoms with Crippen LogP contribution in [-0.2, 0) is 14.3 Å². The van der Waals surface area contributed by atoms with Crippen molar-refractivity contribution in [3.63, 3.8) is 0 Å². The molecule has 0 saturated carbocycles. The molecule has 0 heterocycles. The second-order valence-electron chi connectivity index (χ2n) is 6.42. The first-order valence-corrected chi connectivity index (χ1v) is 6.84. The van der Waals surface area contributed by atoms with Crippen LogP contribution in [0.4, 0.5) is 0 Å². The zero-order chi connectivity index (χ0) is 15.1. The highest BCUT2D eigenvalue weighted by Gasteiger charge is 2.26. The van der Waals surface area contributed by atoms with Gasteiger partial charge in [0.1, 0.15) is 12.4 Å². The average molecular weight is 268 g/mol. The first-order chi connectivity index (χ1) is 8.59. The number of terminal acetylenes is 1. The van der Waals surface area contributed by atoms with Gasteiger partial charge in [-0.3, -0.25) is 4.79 Å². The highest BCUT2D eigenvalue weighted by Crippen LogP contribution is 2.21. The molecule has 0 aromatic carbocycles.